The zero-order valence-corrected chi connectivity index (χ0v) is 7.11. The van der Waals surface area contributed by atoms with Gasteiger partial charge in [-0.1, -0.05) is 5.16 Å². The molecule has 0 saturated carbocycles. The quantitative estimate of drug-likeness (QED) is 0.687. The zero-order chi connectivity index (χ0) is 9.90. The molecule has 0 amide bonds. The monoisotopic (exact) mass is 206 g/mol. The Hall–Kier alpha value is -1.57. The van der Waals surface area contributed by atoms with Crippen molar-refractivity contribution in [2.45, 2.75) is 0 Å². The third-order valence-electron chi connectivity index (χ3n) is 1.02. The summed E-state index contributed by atoms with van der Waals surface area (Å²) in [7, 11) is -3.85. The second-order valence-electron chi connectivity index (χ2n) is 2.17. The van der Waals surface area contributed by atoms with Crippen LogP contribution < -0.4 is 4.72 Å². The maximum absolute atomic E-state index is 10.9. The molecule has 0 aliphatic rings. The SMILES string of the molecule is O=C(O)CS(=O)(=O)Nc1cnoc1. The van der Waals surface area contributed by atoms with Gasteiger partial charge in [-0.3, -0.25) is 9.52 Å². The van der Waals surface area contributed by atoms with E-state index in [9.17, 15) is 13.2 Å². The van der Waals surface area contributed by atoms with Gasteiger partial charge in [0.15, 0.2) is 5.75 Å². The Morgan fingerprint density at radius 1 is 1.69 bits per heavy atom. The molecule has 2 N–H and O–H groups in total. The van der Waals surface area contributed by atoms with Crippen molar-refractivity contribution in [3.63, 3.8) is 0 Å². The summed E-state index contributed by atoms with van der Waals surface area (Å²) in [5.41, 5.74) is 0.0984. The highest BCUT2D eigenvalue weighted by Crippen LogP contribution is 2.06. The molecule has 0 saturated heterocycles. The molecule has 13 heavy (non-hydrogen) atoms. The van der Waals surface area contributed by atoms with E-state index in [1.807, 2.05) is 4.72 Å². The van der Waals surface area contributed by atoms with Crippen LogP contribution in [0.25, 0.3) is 0 Å². The lowest BCUT2D eigenvalue weighted by atomic mass is 10.6. The van der Waals surface area contributed by atoms with E-state index in [1.54, 1.807) is 0 Å². The van der Waals surface area contributed by atoms with Crippen molar-refractivity contribution in [3.05, 3.63) is 12.5 Å². The van der Waals surface area contributed by atoms with E-state index in [1.165, 1.54) is 0 Å². The highest BCUT2D eigenvalue weighted by molar-refractivity contribution is 7.93. The van der Waals surface area contributed by atoms with Crippen LogP contribution in [-0.2, 0) is 14.8 Å². The standard InChI is InChI=1S/C5H6N2O5S/c8-5(9)3-13(10,11)7-4-1-6-12-2-4/h1-2,7H,3H2,(H,8,9). The van der Waals surface area contributed by atoms with Crippen LogP contribution in [0.4, 0.5) is 5.69 Å². The summed E-state index contributed by atoms with van der Waals surface area (Å²) in [5.74, 6) is -2.41. The lowest BCUT2D eigenvalue weighted by Gasteiger charge is -2.00. The molecule has 1 aromatic heterocycles. The molecule has 0 bridgehead atoms. The van der Waals surface area contributed by atoms with Crippen molar-refractivity contribution in [3.8, 4) is 0 Å². The van der Waals surface area contributed by atoms with E-state index >= 15 is 0 Å². The molecule has 8 heteroatoms. The van der Waals surface area contributed by atoms with Gasteiger partial charge in [0, 0.05) is 0 Å². The van der Waals surface area contributed by atoms with Crippen molar-refractivity contribution in [2.75, 3.05) is 10.5 Å². The van der Waals surface area contributed by atoms with Gasteiger partial charge in [0.1, 0.15) is 12.0 Å². The predicted octanol–water partition coefficient (Wildman–Crippen LogP) is -0.499. The predicted molar refractivity (Wildman–Crippen MR) is 41.5 cm³/mol. The van der Waals surface area contributed by atoms with Crippen molar-refractivity contribution >= 4 is 21.7 Å². The number of carboxylic acids is 1. The van der Waals surface area contributed by atoms with Crippen LogP contribution in [0.15, 0.2) is 17.0 Å². The molecule has 0 unspecified atom stereocenters. The number of anilines is 1. The average Bonchev–Trinajstić information content (AvgIpc) is 2.34. The number of sulfonamides is 1. The highest BCUT2D eigenvalue weighted by atomic mass is 32.2. The molecule has 1 aromatic rings. The maximum atomic E-state index is 10.9. The molecule has 0 aliphatic carbocycles. The first kappa shape index (κ1) is 9.52. The largest absolute Gasteiger partial charge is 0.480 e. The molecule has 1 rings (SSSR count). The van der Waals surface area contributed by atoms with Crippen molar-refractivity contribution in [1.82, 2.24) is 5.16 Å². The minimum absolute atomic E-state index is 0.0984. The summed E-state index contributed by atoms with van der Waals surface area (Å²) >= 11 is 0. The van der Waals surface area contributed by atoms with Gasteiger partial charge in [-0.2, -0.15) is 0 Å². The summed E-state index contributed by atoms with van der Waals surface area (Å²) in [6.07, 6.45) is 2.18. The number of hydrogen-bond acceptors (Lipinski definition) is 5. The topological polar surface area (TPSA) is 110 Å². The van der Waals surface area contributed by atoms with Crippen molar-refractivity contribution < 1.29 is 22.8 Å². The fourth-order valence-corrected chi connectivity index (χ4v) is 1.49. The van der Waals surface area contributed by atoms with Gasteiger partial charge in [0.25, 0.3) is 0 Å². The number of carbonyl (C=O) groups is 1. The number of nitrogens with zero attached hydrogens (tertiary/aromatic N) is 1. The zero-order valence-electron chi connectivity index (χ0n) is 6.30. The Bertz CT molecular complexity index is 381. The molecule has 0 radical (unpaired) electrons. The van der Waals surface area contributed by atoms with Gasteiger partial charge in [0.2, 0.25) is 10.0 Å². The Kier molecular flexibility index (Phi) is 2.52. The molecular formula is C5H6N2O5S. The van der Waals surface area contributed by atoms with Crippen molar-refractivity contribution in [2.24, 2.45) is 0 Å². The van der Waals surface area contributed by atoms with Crippen LogP contribution in [0.1, 0.15) is 0 Å². The van der Waals surface area contributed by atoms with E-state index in [0.29, 0.717) is 0 Å². The molecule has 0 aliphatic heterocycles. The van der Waals surface area contributed by atoms with E-state index in [-0.39, 0.29) is 5.69 Å². The number of rotatable bonds is 4. The molecule has 1 heterocycles. The second-order valence-corrected chi connectivity index (χ2v) is 3.89. The first-order chi connectivity index (χ1) is 5.99. The van der Waals surface area contributed by atoms with Crippen molar-refractivity contribution in [1.29, 1.82) is 0 Å². The van der Waals surface area contributed by atoms with Gasteiger partial charge >= 0.3 is 5.97 Å². The van der Waals surface area contributed by atoms with Crippen LogP contribution in [0.2, 0.25) is 0 Å². The molecule has 0 aromatic carbocycles. The maximum Gasteiger partial charge on any atom is 0.320 e. The fraction of sp³-hybridized carbons (Fsp3) is 0.200. The minimum Gasteiger partial charge on any atom is -0.480 e. The number of nitrogens with one attached hydrogen (secondary N) is 1. The Balaban J connectivity index is 2.68. The number of hydrogen-bond donors (Lipinski definition) is 2. The Labute approximate surface area is 73.4 Å². The molecule has 0 spiro atoms. The fourth-order valence-electron chi connectivity index (χ4n) is 0.633. The van der Waals surface area contributed by atoms with Gasteiger partial charge in [0.05, 0.1) is 6.20 Å². The summed E-state index contributed by atoms with van der Waals surface area (Å²) in [4.78, 5) is 10.1. The van der Waals surface area contributed by atoms with Crippen LogP contribution in [0.3, 0.4) is 0 Å². The number of aliphatic carboxylic acids is 1. The summed E-state index contributed by atoms with van der Waals surface area (Å²) in [5, 5.41) is 11.5. The molecule has 0 fully saturated rings. The Morgan fingerprint density at radius 2 is 2.38 bits per heavy atom. The summed E-state index contributed by atoms with van der Waals surface area (Å²) in [6.45, 7) is 0. The van der Waals surface area contributed by atoms with E-state index in [2.05, 4.69) is 9.68 Å². The van der Waals surface area contributed by atoms with E-state index in [0.717, 1.165) is 12.5 Å². The lowest BCUT2D eigenvalue weighted by molar-refractivity contribution is -0.134. The second kappa shape index (κ2) is 3.44. The average molecular weight is 206 g/mol. The minimum atomic E-state index is -3.85. The highest BCUT2D eigenvalue weighted by Gasteiger charge is 2.15. The van der Waals surface area contributed by atoms with Crippen LogP contribution in [0, 0.1) is 0 Å². The summed E-state index contributed by atoms with van der Waals surface area (Å²) in [6, 6.07) is 0. The van der Waals surface area contributed by atoms with Crippen LogP contribution in [-0.4, -0.2) is 30.4 Å². The van der Waals surface area contributed by atoms with Crippen LogP contribution in [0.5, 0.6) is 0 Å². The third kappa shape index (κ3) is 3.11. The van der Waals surface area contributed by atoms with Crippen LogP contribution >= 0.6 is 0 Å². The molecule has 7 nitrogen and oxygen atoms in total. The first-order valence-corrected chi connectivity index (χ1v) is 4.76. The smallest absolute Gasteiger partial charge is 0.320 e. The van der Waals surface area contributed by atoms with Gasteiger partial charge in [-0.05, 0) is 0 Å². The third-order valence-corrected chi connectivity index (χ3v) is 2.19. The number of carboxylic acid groups (broad SMARTS) is 1. The lowest BCUT2D eigenvalue weighted by Crippen LogP contribution is -2.22. The molecule has 0 atom stereocenters. The normalized spacial score (nSPS) is 11.1. The van der Waals surface area contributed by atoms with Gasteiger partial charge in [-0.25, -0.2) is 8.42 Å². The molecular weight excluding hydrogens is 200 g/mol. The molecule has 72 valence electrons. The van der Waals surface area contributed by atoms with E-state index < -0.39 is 21.7 Å². The summed E-state index contributed by atoms with van der Waals surface area (Å²) < 4.78 is 28.2. The first-order valence-electron chi connectivity index (χ1n) is 3.11. The van der Waals surface area contributed by atoms with E-state index in [4.69, 9.17) is 5.11 Å². The van der Waals surface area contributed by atoms with Gasteiger partial charge < -0.3 is 9.63 Å². The Morgan fingerprint density at radius 3 is 2.85 bits per heavy atom. The number of aromatic nitrogens is 1. The van der Waals surface area contributed by atoms with Gasteiger partial charge in [-0.15, -0.1) is 0 Å².